The van der Waals surface area contributed by atoms with Crippen molar-refractivity contribution in [3.05, 3.63) is 0 Å². The summed E-state index contributed by atoms with van der Waals surface area (Å²) in [6, 6.07) is -0.00767. The average molecular weight is 346 g/mol. The molecule has 0 spiro atoms. The number of ether oxygens (including phenoxy) is 1. The predicted octanol–water partition coefficient (Wildman–Crippen LogP) is 1.92. The quantitative estimate of drug-likeness (QED) is 0.772. The standard InChI is InChI=1S/C16H30N2O4S/c1-4-22-16(19)14-8-6-10-18(11-14)23(20,21)17-15-9-5-7-12(2)13(15)3/h12-15,17H,4-11H2,1-3H3/t12-,13+,14-,15-/m1/s1. The Morgan fingerprint density at radius 2 is 1.96 bits per heavy atom. The highest BCUT2D eigenvalue weighted by Gasteiger charge is 2.36. The van der Waals surface area contributed by atoms with Gasteiger partial charge >= 0.3 is 5.97 Å². The van der Waals surface area contributed by atoms with Gasteiger partial charge in [0, 0.05) is 19.1 Å². The Hall–Kier alpha value is -0.660. The average Bonchev–Trinajstić information content (AvgIpc) is 2.52. The SMILES string of the molecule is CCOC(=O)[C@@H]1CCCN(S(=O)(=O)N[C@@H]2CCC[C@@H](C)[C@@H]2C)C1. The number of nitrogens with one attached hydrogen (secondary N) is 1. The minimum atomic E-state index is -3.55. The van der Waals surface area contributed by atoms with E-state index >= 15 is 0 Å². The van der Waals surface area contributed by atoms with Gasteiger partial charge in [0.2, 0.25) is 0 Å². The van der Waals surface area contributed by atoms with E-state index in [1.54, 1.807) is 6.92 Å². The van der Waals surface area contributed by atoms with E-state index in [0.717, 1.165) is 19.3 Å². The molecule has 2 aliphatic rings. The van der Waals surface area contributed by atoms with Crippen molar-refractivity contribution < 1.29 is 17.9 Å². The second-order valence-corrected chi connectivity index (χ2v) is 8.65. The van der Waals surface area contributed by atoms with Crippen LogP contribution in [0.1, 0.15) is 52.9 Å². The normalized spacial score (nSPS) is 33.3. The second-order valence-electron chi connectivity index (χ2n) is 6.95. The van der Waals surface area contributed by atoms with Crippen molar-refractivity contribution >= 4 is 16.2 Å². The molecule has 0 radical (unpaired) electrons. The summed E-state index contributed by atoms with van der Waals surface area (Å²) in [5.41, 5.74) is 0. The third-order valence-corrected chi connectivity index (χ3v) is 6.96. The minimum Gasteiger partial charge on any atom is -0.466 e. The molecule has 4 atom stereocenters. The lowest BCUT2D eigenvalue weighted by molar-refractivity contribution is -0.149. The largest absolute Gasteiger partial charge is 0.466 e. The number of rotatable bonds is 5. The Labute approximate surface area is 140 Å². The summed E-state index contributed by atoms with van der Waals surface area (Å²) in [5, 5.41) is 0. The Morgan fingerprint density at radius 1 is 1.22 bits per heavy atom. The summed E-state index contributed by atoms with van der Waals surface area (Å²) in [6.45, 7) is 7.10. The van der Waals surface area contributed by atoms with E-state index in [-0.39, 0.29) is 24.5 Å². The number of hydrogen-bond acceptors (Lipinski definition) is 4. The monoisotopic (exact) mass is 346 g/mol. The van der Waals surface area contributed by atoms with Gasteiger partial charge in [-0.25, -0.2) is 0 Å². The summed E-state index contributed by atoms with van der Waals surface area (Å²) in [4.78, 5) is 11.9. The smallest absolute Gasteiger partial charge is 0.310 e. The Kier molecular flexibility index (Phi) is 6.45. The van der Waals surface area contributed by atoms with E-state index < -0.39 is 10.2 Å². The van der Waals surface area contributed by atoms with E-state index in [4.69, 9.17) is 4.74 Å². The molecule has 0 amide bonds. The van der Waals surface area contributed by atoms with Crippen molar-refractivity contribution in [2.45, 2.75) is 58.9 Å². The summed E-state index contributed by atoms with van der Waals surface area (Å²) >= 11 is 0. The maximum atomic E-state index is 12.7. The molecule has 0 aromatic carbocycles. The maximum absolute atomic E-state index is 12.7. The van der Waals surface area contributed by atoms with Gasteiger partial charge in [0.1, 0.15) is 0 Å². The maximum Gasteiger partial charge on any atom is 0.310 e. The number of esters is 1. The molecule has 1 aliphatic heterocycles. The van der Waals surface area contributed by atoms with Crippen LogP contribution in [0.4, 0.5) is 0 Å². The van der Waals surface area contributed by atoms with E-state index in [2.05, 4.69) is 18.6 Å². The van der Waals surface area contributed by atoms with E-state index in [0.29, 0.717) is 37.8 Å². The molecule has 2 fully saturated rings. The van der Waals surface area contributed by atoms with Gasteiger partial charge < -0.3 is 4.74 Å². The molecule has 1 aliphatic carbocycles. The highest BCUT2D eigenvalue weighted by atomic mass is 32.2. The van der Waals surface area contributed by atoms with Gasteiger partial charge in [-0.1, -0.05) is 26.7 Å². The number of carbonyl (C=O) groups excluding carboxylic acids is 1. The molecule has 23 heavy (non-hydrogen) atoms. The van der Waals surface area contributed by atoms with Crippen LogP contribution in [0.3, 0.4) is 0 Å². The van der Waals surface area contributed by atoms with Gasteiger partial charge in [-0.05, 0) is 38.0 Å². The fourth-order valence-corrected chi connectivity index (χ4v) is 5.24. The van der Waals surface area contributed by atoms with Gasteiger partial charge in [0.15, 0.2) is 0 Å². The number of hydrogen-bond donors (Lipinski definition) is 1. The Bertz CT molecular complexity index is 508. The first kappa shape index (κ1) is 18.7. The van der Waals surface area contributed by atoms with Crippen molar-refractivity contribution in [1.29, 1.82) is 0 Å². The van der Waals surface area contributed by atoms with Crippen LogP contribution in [0.25, 0.3) is 0 Å². The molecular weight excluding hydrogens is 316 g/mol. The van der Waals surface area contributed by atoms with Gasteiger partial charge in [0.05, 0.1) is 12.5 Å². The van der Waals surface area contributed by atoms with Crippen molar-refractivity contribution in [2.24, 2.45) is 17.8 Å². The van der Waals surface area contributed by atoms with E-state index in [1.807, 2.05) is 0 Å². The van der Waals surface area contributed by atoms with Crippen LogP contribution in [0.2, 0.25) is 0 Å². The molecule has 6 nitrogen and oxygen atoms in total. The molecule has 0 unspecified atom stereocenters. The first-order valence-electron chi connectivity index (χ1n) is 8.79. The fraction of sp³-hybridized carbons (Fsp3) is 0.938. The zero-order chi connectivity index (χ0) is 17.0. The molecule has 134 valence electrons. The van der Waals surface area contributed by atoms with Gasteiger partial charge in [-0.2, -0.15) is 17.4 Å². The van der Waals surface area contributed by atoms with E-state index in [9.17, 15) is 13.2 Å². The zero-order valence-electron chi connectivity index (χ0n) is 14.5. The lowest BCUT2D eigenvalue weighted by Gasteiger charge is -2.37. The summed E-state index contributed by atoms with van der Waals surface area (Å²) in [7, 11) is -3.55. The molecule has 2 rings (SSSR count). The zero-order valence-corrected chi connectivity index (χ0v) is 15.3. The molecule has 1 saturated heterocycles. The van der Waals surface area contributed by atoms with Crippen LogP contribution >= 0.6 is 0 Å². The van der Waals surface area contributed by atoms with Crippen molar-refractivity contribution in [3.63, 3.8) is 0 Å². The van der Waals surface area contributed by atoms with Crippen molar-refractivity contribution in [3.8, 4) is 0 Å². The number of piperidine rings is 1. The highest BCUT2D eigenvalue weighted by Crippen LogP contribution is 2.30. The Balaban J connectivity index is 1.99. The third-order valence-electron chi connectivity index (χ3n) is 5.35. The molecule has 1 heterocycles. The number of nitrogens with zero attached hydrogens (tertiary/aromatic N) is 1. The second kappa shape index (κ2) is 7.94. The van der Waals surface area contributed by atoms with Crippen LogP contribution in [0, 0.1) is 17.8 Å². The topological polar surface area (TPSA) is 75.7 Å². The minimum absolute atomic E-state index is 0.00767. The summed E-state index contributed by atoms with van der Waals surface area (Å²) < 4.78 is 34.7. The molecule has 7 heteroatoms. The fourth-order valence-electron chi connectivity index (χ4n) is 3.63. The van der Waals surface area contributed by atoms with Crippen molar-refractivity contribution in [1.82, 2.24) is 9.03 Å². The van der Waals surface area contributed by atoms with Crippen LogP contribution in [-0.4, -0.2) is 44.4 Å². The summed E-state index contributed by atoms with van der Waals surface area (Å²) in [6.07, 6.45) is 4.50. The van der Waals surface area contributed by atoms with Crippen LogP contribution in [0.5, 0.6) is 0 Å². The van der Waals surface area contributed by atoms with Crippen LogP contribution in [0.15, 0.2) is 0 Å². The molecule has 0 aromatic rings. The van der Waals surface area contributed by atoms with Gasteiger partial charge in [-0.15, -0.1) is 0 Å². The lowest BCUT2D eigenvalue weighted by atomic mass is 9.78. The first-order chi connectivity index (χ1) is 10.8. The molecule has 0 bridgehead atoms. The molecule has 1 N–H and O–H groups in total. The molecule has 1 saturated carbocycles. The highest BCUT2D eigenvalue weighted by molar-refractivity contribution is 7.87. The van der Waals surface area contributed by atoms with Crippen LogP contribution < -0.4 is 4.72 Å². The third kappa shape index (κ3) is 4.67. The van der Waals surface area contributed by atoms with Gasteiger partial charge in [0.25, 0.3) is 10.2 Å². The Morgan fingerprint density at radius 3 is 2.65 bits per heavy atom. The predicted molar refractivity (Wildman–Crippen MR) is 89.0 cm³/mol. The first-order valence-corrected chi connectivity index (χ1v) is 10.2. The molecular formula is C16H30N2O4S. The van der Waals surface area contributed by atoms with Crippen LogP contribution in [-0.2, 0) is 19.7 Å². The van der Waals surface area contributed by atoms with Gasteiger partial charge in [-0.3, -0.25) is 4.79 Å². The number of carbonyl (C=O) groups is 1. The molecule has 0 aromatic heterocycles. The van der Waals surface area contributed by atoms with E-state index in [1.165, 1.54) is 4.31 Å². The lowest BCUT2D eigenvalue weighted by Crippen LogP contribution is -2.52. The van der Waals surface area contributed by atoms with Crippen molar-refractivity contribution in [2.75, 3.05) is 19.7 Å². The summed E-state index contributed by atoms with van der Waals surface area (Å²) in [5.74, 6) is 0.240.